The first-order valence-corrected chi connectivity index (χ1v) is 9.43. The molecule has 0 unspecified atom stereocenters. The molecule has 0 radical (unpaired) electrons. The summed E-state index contributed by atoms with van der Waals surface area (Å²) in [5.41, 5.74) is -4.82. The highest BCUT2D eigenvalue weighted by Gasteiger charge is 2.55. The Hall–Kier alpha value is -2.75. The number of hydrogen-bond acceptors (Lipinski definition) is 3. The standard InChI is InChI=1S/C21H22F6N2O2/c1-2-4-18(30)28-12-14-7-9-17(10-8-14)29-13-19(31,21(25,26)27)15-5-3-6-16(11-15)20(22,23)24/h3,5-11,29,31H,2,4,12-13H2,1H3,(H,28,30)/t19-/m1/s1. The molecule has 0 aromatic heterocycles. The summed E-state index contributed by atoms with van der Waals surface area (Å²) < 4.78 is 79.5. The van der Waals surface area contributed by atoms with Crippen LogP contribution in [0.1, 0.15) is 36.5 Å². The van der Waals surface area contributed by atoms with E-state index in [9.17, 15) is 36.2 Å². The topological polar surface area (TPSA) is 61.4 Å². The lowest BCUT2D eigenvalue weighted by Gasteiger charge is -2.32. The van der Waals surface area contributed by atoms with Gasteiger partial charge in [-0.05, 0) is 41.8 Å². The number of nitrogens with one attached hydrogen (secondary N) is 2. The zero-order chi connectivity index (χ0) is 23.3. The number of benzene rings is 2. The molecule has 4 nitrogen and oxygen atoms in total. The zero-order valence-corrected chi connectivity index (χ0v) is 16.6. The molecular weight excluding hydrogens is 426 g/mol. The largest absolute Gasteiger partial charge is 0.423 e. The number of rotatable bonds is 8. The van der Waals surface area contributed by atoms with E-state index in [1.165, 1.54) is 12.1 Å². The number of alkyl halides is 6. The molecule has 170 valence electrons. The molecule has 1 atom stereocenters. The summed E-state index contributed by atoms with van der Waals surface area (Å²) in [6, 6.07) is 8.58. The van der Waals surface area contributed by atoms with Crippen LogP contribution in [0.3, 0.4) is 0 Å². The Kier molecular flexibility index (Phi) is 7.58. The summed E-state index contributed by atoms with van der Waals surface area (Å²) >= 11 is 0. The fourth-order valence-corrected chi connectivity index (χ4v) is 2.81. The van der Waals surface area contributed by atoms with Gasteiger partial charge in [0.1, 0.15) is 0 Å². The number of amides is 1. The molecule has 0 saturated heterocycles. The summed E-state index contributed by atoms with van der Waals surface area (Å²) in [6.45, 7) is 1.02. The highest BCUT2D eigenvalue weighted by atomic mass is 19.4. The average Bonchev–Trinajstić information content (AvgIpc) is 2.70. The van der Waals surface area contributed by atoms with Crippen molar-refractivity contribution in [2.75, 3.05) is 11.9 Å². The molecule has 0 saturated carbocycles. The molecule has 0 aliphatic rings. The molecule has 1 amide bonds. The second-order valence-electron chi connectivity index (χ2n) is 7.01. The van der Waals surface area contributed by atoms with Crippen molar-refractivity contribution in [1.82, 2.24) is 5.32 Å². The number of halogens is 6. The highest BCUT2D eigenvalue weighted by Crippen LogP contribution is 2.41. The van der Waals surface area contributed by atoms with Gasteiger partial charge < -0.3 is 15.7 Å². The molecular formula is C21H22F6N2O2. The van der Waals surface area contributed by atoms with Crippen LogP contribution in [-0.4, -0.2) is 23.7 Å². The van der Waals surface area contributed by atoms with Crippen LogP contribution >= 0.6 is 0 Å². The Morgan fingerprint density at radius 1 is 0.968 bits per heavy atom. The number of carbonyl (C=O) groups is 1. The third-order valence-corrected chi connectivity index (χ3v) is 4.61. The number of anilines is 1. The number of hydrogen-bond donors (Lipinski definition) is 3. The van der Waals surface area contributed by atoms with Crippen LogP contribution < -0.4 is 10.6 Å². The third kappa shape index (κ3) is 6.36. The van der Waals surface area contributed by atoms with Crippen LogP contribution in [0.15, 0.2) is 48.5 Å². The molecule has 0 heterocycles. The second-order valence-corrected chi connectivity index (χ2v) is 7.01. The van der Waals surface area contributed by atoms with E-state index in [2.05, 4.69) is 10.6 Å². The van der Waals surface area contributed by atoms with Crippen LogP contribution in [0.25, 0.3) is 0 Å². The first-order chi connectivity index (χ1) is 14.4. The quantitative estimate of drug-likeness (QED) is 0.499. The summed E-state index contributed by atoms with van der Waals surface area (Å²) in [5, 5.41) is 15.4. The van der Waals surface area contributed by atoms with Crippen molar-refractivity contribution in [3.05, 3.63) is 65.2 Å². The summed E-state index contributed by atoms with van der Waals surface area (Å²) in [4.78, 5) is 11.5. The van der Waals surface area contributed by atoms with Crippen molar-refractivity contribution >= 4 is 11.6 Å². The van der Waals surface area contributed by atoms with Crippen LogP contribution in [0.5, 0.6) is 0 Å². The van der Waals surface area contributed by atoms with Crippen molar-refractivity contribution in [1.29, 1.82) is 0 Å². The van der Waals surface area contributed by atoms with E-state index >= 15 is 0 Å². The van der Waals surface area contributed by atoms with Gasteiger partial charge in [-0.3, -0.25) is 4.79 Å². The van der Waals surface area contributed by atoms with E-state index < -0.39 is 35.6 Å². The fourth-order valence-electron chi connectivity index (χ4n) is 2.81. The minimum Gasteiger partial charge on any atom is -0.381 e. The first-order valence-electron chi connectivity index (χ1n) is 9.43. The van der Waals surface area contributed by atoms with Crippen molar-refractivity contribution in [3.63, 3.8) is 0 Å². The zero-order valence-electron chi connectivity index (χ0n) is 16.6. The lowest BCUT2D eigenvalue weighted by Crippen LogP contribution is -2.47. The summed E-state index contributed by atoms with van der Waals surface area (Å²) in [7, 11) is 0. The Bertz CT molecular complexity index is 881. The predicted octanol–water partition coefficient (Wildman–Crippen LogP) is 4.98. The number of carbonyl (C=O) groups excluding carboxylic acids is 1. The van der Waals surface area contributed by atoms with Crippen LogP contribution in [0, 0.1) is 0 Å². The van der Waals surface area contributed by atoms with Crippen LogP contribution in [0.2, 0.25) is 0 Å². The Morgan fingerprint density at radius 2 is 1.58 bits per heavy atom. The Balaban J connectivity index is 2.15. The van der Waals surface area contributed by atoms with Gasteiger partial charge in [0.15, 0.2) is 0 Å². The molecule has 0 fully saturated rings. The molecule has 10 heteroatoms. The lowest BCUT2D eigenvalue weighted by molar-refractivity contribution is -0.260. The molecule has 0 aliphatic carbocycles. The molecule has 2 aromatic carbocycles. The lowest BCUT2D eigenvalue weighted by atomic mass is 9.91. The second kappa shape index (κ2) is 9.59. The van der Waals surface area contributed by atoms with Crippen LogP contribution in [-0.2, 0) is 23.1 Å². The molecule has 2 rings (SSSR count). The predicted molar refractivity (Wildman–Crippen MR) is 103 cm³/mol. The van der Waals surface area contributed by atoms with Gasteiger partial charge >= 0.3 is 12.4 Å². The molecule has 0 aliphatic heterocycles. The smallest absolute Gasteiger partial charge is 0.381 e. The number of aliphatic hydroxyl groups is 1. The van der Waals surface area contributed by atoms with E-state index in [1.807, 2.05) is 6.92 Å². The molecule has 31 heavy (non-hydrogen) atoms. The fraction of sp³-hybridized carbons (Fsp3) is 0.381. The Morgan fingerprint density at radius 3 is 2.13 bits per heavy atom. The average molecular weight is 448 g/mol. The van der Waals surface area contributed by atoms with E-state index in [-0.39, 0.29) is 24.2 Å². The molecule has 0 bridgehead atoms. The SMILES string of the molecule is CCCC(=O)NCc1ccc(NC[C@@](O)(c2cccc(C(F)(F)F)c2)C(F)(F)F)cc1. The van der Waals surface area contributed by atoms with Gasteiger partial charge in [-0.15, -0.1) is 0 Å². The highest BCUT2D eigenvalue weighted by molar-refractivity contribution is 5.75. The van der Waals surface area contributed by atoms with Gasteiger partial charge in [-0.2, -0.15) is 26.3 Å². The van der Waals surface area contributed by atoms with E-state index in [1.54, 1.807) is 12.1 Å². The molecule has 3 N–H and O–H groups in total. The van der Waals surface area contributed by atoms with Crippen LogP contribution in [0.4, 0.5) is 32.0 Å². The minimum atomic E-state index is -5.23. The van der Waals surface area contributed by atoms with Crippen molar-refractivity contribution in [2.24, 2.45) is 0 Å². The normalized spacial score (nSPS) is 14.1. The van der Waals surface area contributed by atoms with Crippen molar-refractivity contribution < 1.29 is 36.2 Å². The van der Waals surface area contributed by atoms with Gasteiger partial charge in [0.05, 0.1) is 12.1 Å². The molecule has 2 aromatic rings. The van der Waals surface area contributed by atoms with Crippen molar-refractivity contribution in [2.45, 2.75) is 44.3 Å². The maximum absolute atomic E-state index is 13.6. The first kappa shape index (κ1) is 24.5. The maximum Gasteiger partial charge on any atom is 0.423 e. The third-order valence-electron chi connectivity index (χ3n) is 4.61. The van der Waals surface area contributed by atoms with Gasteiger partial charge in [0.2, 0.25) is 11.5 Å². The van der Waals surface area contributed by atoms with E-state index in [4.69, 9.17) is 0 Å². The summed E-state index contributed by atoms with van der Waals surface area (Å²) in [5.74, 6) is -0.124. The maximum atomic E-state index is 13.6. The minimum absolute atomic E-state index is 0.124. The molecule has 0 spiro atoms. The van der Waals surface area contributed by atoms with Gasteiger partial charge in [0.25, 0.3) is 0 Å². The summed E-state index contributed by atoms with van der Waals surface area (Å²) in [6.07, 6.45) is -9.00. The van der Waals surface area contributed by atoms with Gasteiger partial charge in [-0.1, -0.05) is 31.2 Å². The van der Waals surface area contributed by atoms with E-state index in [0.717, 1.165) is 12.1 Å². The van der Waals surface area contributed by atoms with Gasteiger partial charge in [-0.25, -0.2) is 0 Å². The van der Waals surface area contributed by atoms with Gasteiger partial charge in [0, 0.05) is 18.7 Å². The van der Waals surface area contributed by atoms with E-state index in [0.29, 0.717) is 24.5 Å². The Labute approximate surface area is 175 Å². The monoisotopic (exact) mass is 448 g/mol. The van der Waals surface area contributed by atoms with Crippen molar-refractivity contribution in [3.8, 4) is 0 Å².